The molecule has 2 N–H and O–H groups in total. The van der Waals surface area contributed by atoms with Crippen LogP contribution >= 0.6 is 0 Å². The van der Waals surface area contributed by atoms with Crippen LogP contribution in [0.15, 0.2) is 103 Å². The van der Waals surface area contributed by atoms with Gasteiger partial charge in [-0.3, -0.25) is 4.79 Å². The fourth-order valence-corrected chi connectivity index (χ4v) is 6.39. The van der Waals surface area contributed by atoms with E-state index in [1.54, 1.807) is 46.2 Å². The van der Waals surface area contributed by atoms with Crippen LogP contribution in [0.25, 0.3) is 11.4 Å². The van der Waals surface area contributed by atoms with Crippen LogP contribution in [0.5, 0.6) is 0 Å². The summed E-state index contributed by atoms with van der Waals surface area (Å²) in [5.74, 6) is -0.117. The summed E-state index contributed by atoms with van der Waals surface area (Å²) < 4.78 is 10.6. The van der Waals surface area contributed by atoms with E-state index < -0.39 is 5.60 Å². The Kier molecular flexibility index (Phi) is 21.4. The van der Waals surface area contributed by atoms with Gasteiger partial charge in [0.15, 0.2) is 5.78 Å². The lowest BCUT2D eigenvalue weighted by Gasteiger charge is -2.37. The van der Waals surface area contributed by atoms with Gasteiger partial charge in [-0.05, 0) is 52.7 Å². The van der Waals surface area contributed by atoms with Crippen LogP contribution in [0.3, 0.4) is 0 Å². The average Bonchev–Trinajstić information content (AvgIpc) is 3.28. The second-order valence-electron chi connectivity index (χ2n) is 16.6. The van der Waals surface area contributed by atoms with Crippen LogP contribution in [0.2, 0.25) is 0 Å². The number of Topliss-reactive ketones (excluding diaryl/α,β-unsaturated/α-hetero) is 1. The third kappa shape index (κ3) is 19.3. The molecule has 3 heterocycles. The van der Waals surface area contributed by atoms with E-state index in [-0.39, 0.29) is 30.0 Å². The molecule has 6 rings (SSSR count). The standard InChI is InChI=1S/C18H23N3O2.C13H15N3.C9H18N2O2.C9H7NO/c1-18(2,3)23-17(22)21-13-11-20(12-14-21)16(9-10-19)15-7-5-4-6-8-15;14-7-6-13(12-4-2-1-3-5-12)16-10-8-15-9-11-16;1-9(2,3)13-8(12)11-6-4-10-5-7-11;10-7-6-9(11)8-4-2-1-3-5-8/h4-9H,11-14H2,1-3H3;1-6,15H,8-11H2;10H,4-7H2,1-3H3;1-5H,6H2/b16-9+;13-6+;;. The largest absolute Gasteiger partial charge is 0.444 e. The Morgan fingerprint density at radius 3 is 1.19 bits per heavy atom. The average molecular weight is 858 g/mol. The molecule has 3 aromatic rings. The van der Waals surface area contributed by atoms with Gasteiger partial charge in [-0.25, -0.2) is 9.59 Å². The van der Waals surface area contributed by atoms with Gasteiger partial charge in [0.25, 0.3) is 0 Å². The summed E-state index contributed by atoms with van der Waals surface area (Å²) in [4.78, 5) is 42.5. The maximum absolute atomic E-state index is 12.1. The van der Waals surface area contributed by atoms with Crippen molar-refractivity contribution in [2.75, 3.05) is 78.5 Å². The van der Waals surface area contributed by atoms with Crippen LogP contribution < -0.4 is 10.6 Å². The van der Waals surface area contributed by atoms with E-state index in [1.165, 1.54) is 0 Å². The van der Waals surface area contributed by atoms with E-state index in [2.05, 4.69) is 32.6 Å². The SMILES string of the molecule is CC(C)(C)OC(=O)N1CCN(/C(=C/C#N)c2ccccc2)CC1.CC(C)(C)OC(=O)N1CCNCC1.N#C/C=C(\c1ccccc1)N1CCNCC1.N#CCC(=O)c1ccccc1. The minimum Gasteiger partial charge on any atom is -0.444 e. The van der Waals surface area contributed by atoms with Gasteiger partial charge in [-0.2, -0.15) is 15.8 Å². The van der Waals surface area contributed by atoms with Gasteiger partial charge in [0.2, 0.25) is 0 Å². The molecule has 14 nitrogen and oxygen atoms in total. The molecule has 2 amide bonds. The molecule has 0 bridgehead atoms. The van der Waals surface area contributed by atoms with Crippen LogP contribution in [0.4, 0.5) is 9.59 Å². The molecule has 3 aromatic carbocycles. The number of hydrogen-bond acceptors (Lipinski definition) is 12. The zero-order valence-electron chi connectivity index (χ0n) is 37.7. The summed E-state index contributed by atoms with van der Waals surface area (Å²) in [5, 5.41) is 32.6. The molecule has 63 heavy (non-hydrogen) atoms. The molecular formula is C49H63N9O5. The first-order valence-electron chi connectivity index (χ1n) is 21.3. The second-order valence-corrected chi connectivity index (χ2v) is 16.6. The van der Waals surface area contributed by atoms with E-state index in [4.69, 9.17) is 25.3 Å². The number of carbonyl (C=O) groups is 3. The fourth-order valence-electron chi connectivity index (χ4n) is 6.39. The number of benzene rings is 3. The van der Waals surface area contributed by atoms with Gasteiger partial charge in [-0.15, -0.1) is 0 Å². The van der Waals surface area contributed by atoms with Gasteiger partial charge in [0.05, 0.1) is 36.0 Å². The summed E-state index contributed by atoms with van der Waals surface area (Å²) >= 11 is 0. The number of nitrogens with zero attached hydrogens (tertiary/aromatic N) is 7. The van der Waals surface area contributed by atoms with Crippen LogP contribution in [0, 0.1) is 34.0 Å². The Morgan fingerprint density at radius 2 is 0.841 bits per heavy atom. The molecule has 3 aliphatic rings. The molecule has 3 fully saturated rings. The number of piperazine rings is 3. The lowest BCUT2D eigenvalue weighted by Crippen LogP contribution is -2.49. The third-order valence-electron chi connectivity index (χ3n) is 9.38. The number of ether oxygens (including phenoxy) is 2. The van der Waals surface area contributed by atoms with Crippen molar-refractivity contribution < 1.29 is 23.9 Å². The minimum absolute atomic E-state index is 0.0377. The van der Waals surface area contributed by atoms with E-state index in [9.17, 15) is 14.4 Å². The predicted molar refractivity (Wildman–Crippen MR) is 246 cm³/mol. The number of rotatable bonds is 6. The number of allylic oxidation sites excluding steroid dienone is 2. The first-order valence-corrected chi connectivity index (χ1v) is 21.3. The molecule has 3 saturated heterocycles. The van der Waals surface area contributed by atoms with Crippen molar-refractivity contribution in [3.63, 3.8) is 0 Å². The van der Waals surface area contributed by atoms with Gasteiger partial charge in [-0.1, -0.05) is 91.0 Å². The fraction of sp³-hybridized carbons (Fsp3) is 0.429. The maximum atomic E-state index is 12.1. The van der Waals surface area contributed by atoms with Crippen LogP contribution in [0.1, 0.15) is 69.4 Å². The van der Waals surface area contributed by atoms with Crippen LogP contribution in [-0.4, -0.2) is 127 Å². The summed E-state index contributed by atoms with van der Waals surface area (Å²) in [6.07, 6.45) is 2.69. The normalized spacial score (nSPS) is 15.5. The molecule has 14 heteroatoms. The first kappa shape index (κ1) is 50.7. The van der Waals surface area contributed by atoms with E-state index >= 15 is 0 Å². The van der Waals surface area contributed by atoms with Gasteiger partial charge in [0.1, 0.15) is 11.2 Å². The van der Waals surface area contributed by atoms with Crippen molar-refractivity contribution >= 4 is 29.4 Å². The molecule has 0 atom stereocenters. The van der Waals surface area contributed by atoms with Crippen LogP contribution in [-0.2, 0) is 9.47 Å². The molecule has 0 aromatic heterocycles. The molecule has 0 spiro atoms. The van der Waals surface area contributed by atoms with Crippen molar-refractivity contribution in [1.29, 1.82) is 15.8 Å². The van der Waals surface area contributed by atoms with Crippen molar-refractivity contribution in [1.82, 2.24) is 30.2 Å². The number of nitrogens with one attached hydrogen (secondary N) is 2. The number of nitriles is 3. The highest BCUT2D eigenvalue weighted by Gasteiger charge is 2.27. The summed E-state index contributed by atoms with van der Waals surface area (Å²) in [6, 6.07) is 34.8. The van der Waals surface area contributed by atoms with Crippen molar-refractivity contribution in [2.24, 2.45) is 0 Å². The highest BCUT2D eigenvalue weighted by atomic mass is 16.6. The number of ketones is 1. The number of hydrogen-bond donors (Lipinski definition) is 2. The zero-order chi connectivity index (χ0) is 46.1. The quantitative estimate of drug-likeness (QED) is 0.189. The number of carbonyl (C=O) groups excluding carboxylic acids is 3. The molecular weight excluding hydrogens is 795 g/mol. The second kappa shape index (κ2) is 26.6. The predicted octanol–water partition coefficient (Wildman–Crippen LogP) is 7.17. The zero-order valence-corrected chi connectivity index (χ0v) is 37.7. The summed E-state index contributed by atoms with van der Waals surface area (Å²) in [5.41, 5.74) is 3.80. The lowest BCUT2D eigenvalue weighted by atomic mass is 10.1. The molecule has 334 valence electrons. The monoisotopic (exact) mass is 857 g/mol. The highest BCUT2D eigenvalue weighted by molar-refractivity contribution is 5.97. The minimum atomic E-state index is -0.482. The Bertz CT molecular complexity index is 2040. The third-order valence-corrected chi connectivity index (χ3v) is 9.38. The van der Waals surface area contributed by atoms with Gasteiger partial charge >= 0.3 is 12.2 Å². The van der Waals surface area contributed by atoms with Crippen molar-refractivity contribution in [3.05, 3.63) is 120 Å². The Labute approximate surface area is 374 Å². The highest BCUT2D eigenvalue weighted by Crippen LogP contribution is 2.22. The van der Waals surface area contributed by atoms with E-state index in [0.29, 0.717) is 31.7 Å². The maximum Gasteiger partial charge on any atom is 0.410 e. The van der Waals surface area contributed by atoms with E-state index in [1.807, 2.05) is 114 Å². The van der Waals surface area contributed by atoms with Gasteiger partial charge in [0, 0.05) is 96.3 Å². The summed E-state index contributed by atoms with van der Waals surface area (Å²) in [6.45, 7) is 20.9. The summed E-state index contributed by atoms with van der Waals surface area (Å²) in [7, 11) is 0. The number of amides is 2. The Balaban J connectivity index is 0.000000233. The Hall–Kier alpha value is -6.66. The first-order chi connectivity index (χ1) is 30.2. The molecule has 0 unspecified atom stereocenters. The molecule has 0 aliphatic carbocycles. The van der Waals surface area contributed by atoms with Crippen molar-refractivity contribution in [2.45, 2.75) is 59.2 Å². The van der Waals surface area contributed by atoms with Crippen molar-refractivity contribution in [3.8, 4) is 18.2 Å². The topological polar surface area (TPSA) is 178 Å². The lowest BCUT2D eigenvalue weighted by molar-refractivity contribution is 0.0180. The molecule has 0 saturated carbocycles. The van der Waals surface area contributed by atoms with Gasteiger partial charge < -0.3 is 39.7 Å². The molecule has 0 radical (unpaired) electrons. The Morgan fingerprint density at radius 1 is 0.524 bits per heavy atom. The molecule has 3 aliphatic heterocycles. The van der Waals surface area contributed by atoms with E-state index in [0.717, 1.165) is 74.9 Å². The smallest absolute Gasteiger partial charge is 0.410 e.